The molecule has 3 nitrogen and oxygen atoms in total. The van der Waals surface area contributed by atoms with Gasteiger partial charge < -0.3 is 10.4 Å². The first-order valence-corrected chi connectivity index (χ1v) is 9.30. The molecule has 0 amide bonds. The van der Waals surface area contributed by atoms with E-state index in [2.05, 4.69) is 5.32 Å². The number of carbonyl (C=O) groups is 1. The lowest BCUT2D eigenvalue weighted by Gasteiger charge is -2.34. The van der Waals surface area contributed by atoms with E-state index in [9.17, 15) is 9.18 Å². The van der Waals surface area contributed by atoms with Crippen molar-refractivity contribution in [2.75, 3.05) is 6.54 Å². The third-order valence-corrected chi connectivity index (χ3v) is 6.18. The van der Waals surface area contributed by atoms with E-state index in [1.54, 1.807) is 6.07 Å². The van der Waals surface area contributed by atoms with E-state index in [0.717, 1.165) is 63.5 Å². The van der Waals surface area contributed by atoms with Gasteiger partial charge in [-0.2, -0.15) is 0 Å². The highest BCUT2D eigenvalue weighted by Crippen LogP contribution is 2.43. The van der Waals surface area contributed by atoms with Crippen LogP contribution in [0.25, 0.3) is 0 Å². The number of carboxylic acids is 1. The maximum Gasteiger partial charge on any atom is 0.306 e. The van der Waals surface area contributed by atoms with Crippen LogP contribution in [0, 0.1) is 11.7 Å². The van der Waals surface area contributed by atoms with Crippen LogP contribution in [-0.4, -0.2) is 23.7 Å². The first kappa shape index (κ1) is 17.7. The van der Waals surface area contributed by atoms with E-state index in [0.29, 0.717) is 6.04 Å². The van der Waals surface area contributed by atoms with Crippen LogP contribution in [0.3, 0.4) is 0 Å². The second-order valence-electron chi connectivity index (χ2n) is 7.36. The Bertz CT molecular complexity index is 593. The van der Waals surface area contributed by atoms with Gasteiger partial charge in [-0.3, -0.25) is 4.79 Å². The molecule has 0 saturated heterocycles. The minimum Gasteiger partial charge on any atom is -0.481 e. The van der Waals surface area contributed by atoms with E-state index in [4.69, 9.17) is 16.7 Å². The molecule has 2 fully saturated rings. The fourth-order valence-electron chi connectivity index (χ4n) is 4.39. The third-order valence-electron chi connectivity index (χ3n) is 5.89. The van der Waals surface area contributed by atoms with Crippen molar-refractivity contribution in [3.05, 3.63) is 34.6 Å². The lowest BCUT2D eigenvalue weighted by atomic mass is 9.77. The van der Waals surface area contributed by atoms with E-state index in [1.807, 2.05) is 12.1 Å². The molecule has 0 unspecified atom stereocenters. The molecule has 0 spiro atoms. The Morgan fingerprint density at radius 2 is 1.92 bits per heavy atom. The Hall–Kier alpha value is -1.13. The maximum absolute atomic E-state index is 14.6. The summed E-state index contributed by atoms with van der Waals surface area (Å²) in [5.41, 5.74) is 0.553. The minimum atomic E-state index is -0.679. The summed E-state index contributed by atoms with van der Waals surface area (Å²) in [6.07, 6.45) is 7.38. The van der Waals surface area contributed by atoms with E-state index >= 15 is 0 Å². The molecule has 2 aliphatic carbocycles. The molecule has 0 aromatic heterocycles. The summed E-state index contributed by atoms with van der Waals surface area (Å²) in [5, 5.41) is 12.9. The van der Waals surface area contributed by atoms with Gasteiger partial charge in [0.1, 0.15) is 5.82 Å². The molecule has 0 atom stereocenters. The minimum absolute atomic E-state index is 0.182. The van der Waals surface area contributed by atoms with Crippen molar-refractivity contribution >= 4 is 17.6 Å². The summed E-state index contributed by atoms with van der Waals surface area (Å²) in [4.78, 5) is 11.1. The number of nitrogens with one attached hydrogen (secondary N) is 1. The summed E-state index contributed by atoms with van der Waals surface area (Å²) in [5.74, 6) is -1.16. The largest absolute Gasteiger partial charge is 0.481 e. The fraction of sp³-hybridized carbons (Fsp3) is 0.632. The predicted molar refractivity (Wildman–Crippen MR) is 92.9 cm³/mol. The average molecular weight is 354 g/mol. The third kappa shape index (κ3) is 3.60. The Labute approximate surface area is 147 Å². The van der Waals surface area contributed by atoms with Gasteiger partial charge in [0, 0.05) is 18.0 Å². The van der Waals surface area contributed by atoms with Crippen LogP contribution in [0.5, 0.6) is 0 Å². The normalized spacial score (nSPS) is 26.4. The molecule has 5 heteroatoms. The molecule has 1 aromatic carbocycles. The second kappa shape index (κ2) is 7.40. The Morgan fingerprint density at radius 3 is 2.54 bits per heavy atom. The Morgan fingerprint density at radius 1 is 1.25 bits per heavy atom. The topological polar surface area (TPSA) is 49.3 Å². The molecule has 0 bridgehead atoms. The number of halogens is 2. The summed E-state index contributed by atoms with van der Waals surface area (Å²) in [6, 6.07) is 5.64. The van der Waals surface area contributed by atoms with Gasteiger partial charge in [0.2, 0.25) is 0 Å². The number of rotatable bonds is 5. The van der Waals surface area contributed by atoms with Crippen molar-refractivity contribution in [1.82, 2.24) is 5.32 Å². The molecule has 0 radical (unpaired) electrons. The van der Waals surface area contributed by atoms with Gasteiger partial charge in [-0.1, -0.05) is 36.6 Å². The van der Waals surface area contributed by atoms with Crippen molar-refractivity contribution in [3.8, 4) is 0 Å². The van der Waals surface area contributed by atoms with E-state index in [1.165, 1.54) is 0 Å². The van der Waals surface area contributed by atoms with Crippen LogP contribution in [0.15, 0.2) is 18.2 Å². The van der Waals surface area contributed by atoms with Gasteiger partial charge in [0.25, 0.3) is 0 Å². The number of aliphatic carboxylic acids is 1. The molecule has 132 valence electrons. The van der Waals surface area contributed by atoms with Gasteiger partial charge in [0.05, 0.1) is 10.9 Å². The van der Waals surface area contributed by atoms with Crippen molar-refractivity contribution in [1.29, 1.82) is 0 Å². The van der Waals surface area contributed by atoms with Crippen LogP contribution in [0.1, 0.15) is 56.9 Å². The lowest BCUT2D eigenvalue weighted by molar-refractivity contribution is -0.142. The summed E-state index contributed by atoms with van der Waals surface area (Å²) < 4.78 is 14.6. The SMILES string of the molecule is O=C(O)C1CCC(NCC2(c3cccc(Cl)c3F)CCCC2)CC1. The van der Waals surface area contributed by atoms with Crippen LogP contribution in [0.2, 0.25) is 5.02 Å². The molecule has 0 aliphatic heterocycles. The highest BCUT2D eigenvalue weighted by Gasteiger charge is 2.38. The van der Waals surface area contributed by atoms with Crippen molar-refractivity contribution in [3.63, 3.8) is 0 Å². The van der Waals surface area contributed by atoms with Crippen molar-refractivity contribution in [2.24, 2.45) is 5.92 Å². The molecule has 2 aliphatic rings. The molecule has 2 N–H and O–H groups in total. The van der Waals surface area contributed by atoms with Crippen molar-refractivity contribution in [2.45, 2.75) is 62.8 Å². The highest BCUT2D eigenvalue weighted by molar-refractivity contribution is 6.30. The fourth-order valence-corrected chi connectivity index (χ4v) is 4.57. The van der Waals surface area contributed by atoms with Gasteiger partial charge in [-0.05, 0) is 50.2 Å². The Kier molecular flexibility index (Phi) is 5.46. The second-order valence-corrected chi connectivity index (χ2v) is 7.76. The first-order chi connectivity index (χ1) is 11.5. The molecule has 2 saturated carbocycles. The zero-order valence-corrected chi connectivity index (χ0v) is 14.6. The number of hydrogen-bond donors (Lipinski definition) is 2. The van der Waals surface area contributed by atoms with Crippen LogP contribution in [-0.2, 0) is 10.2 Å². The lowest BCUT2D eigenvalue weighted by Crippen LogP contribution is -2.43. The van der Waals surface area contributed by atoms with Gasteiger partial charge >= 0.3 is 5.97 Å². The molecular formula is C19H25ClFNO2. The highest BCUT2D eigenvalue weighted by atomic mass is 35.5. The van der Waals surface area contributed by atoms with E-state index < -0.39 is 5.97 Å². The van der Waals surface area contributed by atoms with Gasteiger partial charge in [-0.15, -0.1) is 0 Å². The summed E-state index contributed by atoms with van der Waals surface area (Å²) in [6.45, 7) is 0.743. The maximum atomic E-state index is 14.6. The number of hydrogen-bond acceptors (Lipinski definition) is 2. The van der Waals surface area contributed by atoms with Crippen LogP contribution in [0.4, 0.5) is 4.39 Å². The van der Waals surface area contributed by atoms with Crippen LogP contribution >= 0.6 is 11.6 Å². The number of benzene rings is 1. The summed E-state index contributed by atoms with van der Waals surface area (Å²) in [7, 11) is 0. The monoisotopic (exact) mass is 353 g/mol. The molecule has 3 rings (SSSR count). The molecular weight excluding hydrogens is 329 g/mol. The number of carboxylic acid groups (broad SMARTS) is 1. The first-order valence-electron chi connectivity index (χ1n) is 8.92. The predicted octanol–water partition coefficient (Wildman–Crippen LogP) is 4.52. The zero-order chi connectivity index (χ0) is 17.2. The van der Waals surface area contributed by atoms with Gasteiger partial charge in [0.15, 0.2) is 0 Å². The standard InChI is InChI=1S/C19H25ClFNO2/c20-16-5-3-4-15(17(16)21)19(10-1-2-11-19)12-22-14-8-6-13(7-9-14)18(23)24/h3-5,13-14,22H,1-2,6-12H2,(H,23,24). The summed E-state index contributed by atoms with van der Waals surface area (Å²) >= 11 is 6.00. The van der Waals surface area contributed by atoms with Gasteiger partial charge in [-0.25, -0.2) is 4.39 Å². The Balaban J connectivity index is 1.67. The quantitative estimate of drug-likeness (QED) is 0.818. The van der Waals surface area contributed by atoms with E-state index in [-0.39, 0.29) is 22.2 Å². The average Bonchev–Trinajstić information content (AvgIpc) is 3.06. The molecule has 0 heterocycles. The van der Waals surface area contributed by atoms with Crippen molar-refractivity contribution < 1.29 is 14.3 Å². The zero-order valence-electron chi connectivity index (χ0n) is 13.9. The molecule has 24 heavy (non-hydrogen) atoms. The van der Waals surface area contributed by atoms with Crippen LogP contribution < -0.4 is 5.32 Å². The molecule has 1 aromatic rings. The smallest absolute Gasteiger partial charge is 0.306 e.